The zero-order valence-electron chi connectivity index (χ0n) is 15.8. The molecule has 0 saturated heterocycles. The Bertz CT molecular complexity index is 702. The van der Waals surface area contributed by atoms with Crippen LogP contribution in [0.5, 0.6) is 0 Å². The molecule has 6 nitrogen and oxygen atoms in total. The van der Waals surface area contributed by atoms with Gasteiger partial charge in [0.1, 0.15) is 11.9 Å². The lowest BCUT2D eigenvalue weighted by molar-refractivity contribution is -0.152. The first-order valence-corrected chi connectivity index (χ1v) is 10.1. The molecule has 0 radical (unpaired) electrons. The quantitative estimate of drug-likeness (QED) is 0.339. The molecule has 1 aromatic rings. The van der Waals surface area contributed by atoms with Gasteiger partial charge in [0.2, 0.25) is 0 Å². The van der Waals surface area contributed by atoms with E-state index in [-0.39, 0.29) is 17.8 Å². The molecule has 1 saturated carbocycles. The number of allylic oxidation sites excluding steroid dienone is 1. The summed E-state index contributed by atoms with van der Waals surface area (Å²) in [6, 6.07) is 1.27. The predicted octanol–water partition coefficient (Wildman–Crippen LogP) is 3.11. The van der Waals surface area contributed by atoms with Crippen LogP contribution in [0.25, 0.3) is 0 Å². The van der Waals surface area contributed by atoms with Crippen molar-refractivity contribution in [2.24, 2.45) is 17.8 Å². The van der Waals surface area contributed by atoms with E-state index >= 15 is 0 Å². The van der Waals surface area contributed by atoms with Gasteiger partial charge in [-0.05, 0) is 30.6 Å². The van der Waals surface area contributed by atoms with Crippen LogP contribution < -0.4 is 11.3 Å². The molecule has 0 unspecified atom stereocenters. The van der Waals surface area contributed by atoms with Crippen LogP contribution in [0.3, 0.4) is 0 Å². The van der Waals surface area contributed by atoms with E-state index in [4.69, 9.17) is 10.5 Å². The summed E-state index contributed by atoms with van der Waals surface area (Å²) in [6.07, 6.45) is 4.83. The van der Waals surface area contributed by atoms with E-state index in [0.29, 0.717) is 35.3 Å². The lowest BCUT2D eigenvalue weighted by Crippen LogP contribution is -2.36. The summed E-state index contributed by atoms with van der Waals surface area (Å²) in [4.78, 5) is 28.0. The van der Waals surface area contributed by atoms with Crippen molar-refractivity contribution >= 4 is 23.5 Å². The average molecular weight is 380 g/mol. The van der Waals surface area contributed by atoms with Crippen LogP contribution >= 0.6 is 11.8 Å². The number of carbonyl (C=O) groups excluding carboxylic acids is 1. The minimum atomic E-state index is -0.417. The summed E-state index contributed by atoms with van der Waals surface area (Å²) in [5.74, 6) is 1.60. The normalized spacial score (nSPS) is 23.0. The number of esters is 1. The number of hydrogen-bond donors (Lipinski definition) is 1. The van der Waals surface area contributed by atoms with Crippen molar-refractivity contribution in [2.45, 2.75) is 57.8 Å². The van der Waals surface area contributed by atoms with Crippen molar-refractivity contribution in [3.8, 4) is 0 Å². The number of hydrogen-bond acceptors (Lipinski definition) is 6. The molecular weight excluding hydrogens is 350 g/mol. The van der Waals surface area contributed by atoms with Crippen LogP contribution in [0.2, 0.25) is 0 Å². The van der Waals surface area contributed by atoms with Crippen LogP contribution in [-0.4, -0.2) is 27.4 Å². The molecule has 0 aromatic carbocycles. The van der Waals surface area contributed by atoms with Crippen LogP contribution in [-0.2, 0) is 16.1 Å². The van der Waals surface area contributed by atoms with E-state index in [1.165, 1.54) is 24.2 Å². The molecule has 2 N–H and O–H groups in total. The Morgan fingerprint density at radius 2 is 2.27 bits per heavy atom. The van der Waals surface area contributed by atoms with Gasteiger partial charge in [-0.3, -0.25) is 9.59 Å². The molecule has 1 heterocycles. The molecule has 1 aromatic heterocycles. The number of thioether (sulfide) groups is 1. The number of nitrogens with two attached hydrogens (primary N) is 1. The number of aromatic nitrogens is 2. The molecule has 1 fully saturated rings. The SMILES string of the molecule is C=CCn1c(N)cc(=O)nc1SCC(=O)O[C@@H]1C[C@H](C)CC[C@@H]1C(C)C. The van der Waals surface area contributed by atoms with Crippen molar-refractivity contribution in [1.29, 1.82) is 0 Å². The molecule has 0 aliphatic heterocycles. The molecule has 26 heavy (non-hydrogen) atoms. The summed E-state index contributed by atoms with van der Waals surface area (Å²) < 4.78 is 7.45. The summed E-state index contributed by atoms with van der Waals surface area (Å²) in [7, 11) is 0. The Balaban J connectivity index is 2.02. The number of nitrogen functional groups attached to an aromatic ring is 1. The number of carbonyl (C=O) groups is 1. The van der Waals surface area contributed by atoms with Gasteiger partial charge < -0.3 is 15.0 Å². The number of nitrogens with zero attached hydrogens (tertiary/aromatic N) is 2. The second kappa shape index (κ2) is 9.26. The largest absolute Gasteiger partial charge is 0.461 e. The number of ether oxygens (including phenoxy) is 1. The van der Waals surface area contributed by atoms with Gasteiger partial charge in [-0.1, -0.05) is 45.0 Å². The number of rotatable bonds is 7. The Morgan fingerprint density at radius 1 is 1.54 bits per heavy atom. The molecule has 1 aliphatic carbocycles. The second-order valence-electron chi connectivity index (χ2n) is 7.34. The molecule has 0 spiro atoms. The molecule has 2 rings (SSSR count). The highest BCUT2D eigenvalue weighted by molar-refractivity contribution is 7.99. The van der Waals surface area contributed by atoms with Gasteiger partial charge in [-0.25, -0.2) is 0 Å². The molecule has 144 valence electrons. The van der Waals surface area contributed by atoms with Crippen LogP contribution in [0.4, 0.5) is 5.82 Å². The minimum absolute atomic E-state index is 0.0315. The van der Waals surface area contributed by atoms with Gasteiger partial charge in [-0.15, -0.1) is 6.58 Å². The minimum Gasteiger partial charge on any atom is -0.461 e. The maximum Gasteiger partial charge on any atom is 0.316 e. The molecule has 0 amide bonds. The Morgan fingerprint density at radius 3 is 2.92 bits per heavy atom. The molecule has 0 bridgehead atoms. The fraction of sp³-hybridized carbons (Fsp3) is 0.632. The maximum atomic E-state index is 12.4. The van der Waals surface area contributed by atoms with Crippen molar-refractivity contribution in [1.82, 2.24) is 9.55 Å². The highest BCUT2D eigenvalue weighted by atomic mass is 32.2. The summed E-state index contributed by atoms with van der Waals surface area (Å²) >= 11 is 1.17. The first kappa shape index (κ1) is 20.6. The first-order chi connectivity index (χ1) is 12.3. The smallest absolute Gasteiger partial charge is 0.316 e. The van der Waals surface area contributed by atoms with Gasteiger partial charge in [-0.2, -0.15) is 4.98 Å². The Hall–Kier alpha value is -1.76. The molecular formula is C19H29N3O3S. The van der Waals surface area contributed by atoms with E-state index in [1.807, 2.05) is 0 Å². The van der Waals surface area contributed by atoms with Crippen molar-refractivity contribution in [3.63, 3.8) is 0 Å². The molecule has 1 aliphatic rings. The fourth-order valence-electron chi connectivity index (χ4n) is 3.50. The van der Waals surface area contributed by atoms with E-state index in [0.717, 1.165) is 12.8 Å². The third kappa shape index (κ3) is 5.37. The molecule has 3 atom stereocenters. The Kier molecular flexibility index (Phi) is 7.32. The predicted molar refractivity (Wildman–Crippen MR) is 105 cm³/mol. The Labute approximate surface area is 159 Å². The van der Waals surface area contributed by atoms with Gasteiger partial charge in [0.25, 0.3) is 5.56 Å². The van der Waals surface area contributed by atoms with Crippen molar-refractivity contribution < 1.29 is 9.53 Å². The van der Waals surface area contributed by atoms with E-state index in [1.54, 1.807) is 10.6 Å². The van der Waals surface area contributed by atoms with Crippen LogP contribution in [0.15, 0.2) is 28.7 Å². The van der Waals surface area contributed by atoms with Gasteiger partial charge >= 0.3 is 5.97 Å². The summed E-state index contributed by atoms with van der Waals surface area (Å²) in [5, 5.41) is 0.407. The number of anilines is 1. The van der Waals surface area contributed by atoms with E-state index < -0.39 is 5.56 Å². The zero-order chi connectivity index (χ0) is 19.3. The second-order valence-corrected chi connectivity index (χ2v) is 8.29. The lowest BCUT2D eigenvalue weighted by atomic mass is 9.75. The lowest BCUT2D eigenvalue weighted by Gasteiger charge is -2.36. The highest BCUT2D eigenvalue weighted by Crippen LogP contribution is 2.35. The van der Waals surface area contributed by atoms with Crippen molar-refractivity contribution in [3.05, 3.63) is 29.1 Å². The standard InChI is InChI=1S/C19H29N3O3S/c1-5-8-22-16(20)10-17(23)21-19(22)26-11-18(24)25-15-9-13(4)6-7-14(15)12(2)3/h5,10,12-15H,1,6-9,11,20H2,2-4H3/t13-,14-,15-/m1/s1. The summed E-state index contributed by atoms with van der Waals surface area (Å²) in [6.45, 7) is 10.7. The molecule has 7 heteroatoms. The fourth-order valence-corrected chi connectivity index (χ4v) is 4.31. The maximum absolute atomic E-state index is 12.4. The van der Waals surface area contributed by atoms with Gasteiger partial charge in [0.15, 0.2) is 5.16 Å². The van der Waals surface area contributed by atoms with Gasteiger partial charge in [0.05, 0.1) is 5.75 Å². The summed E-state index contributed by atoms with van der Waals surface area (Å²) in [5.41, 5.74) is 5.46. The zero-order valence-corrected chi connectivity index (χ0v) is 16.6. The highest BCUT2D eigenvalue weighted by Gasteiger charge is 2.33. The topological polar surface area (TPSA) is 87.2 Å². The van der Waals surface area contributed by atoms with Crippen LogP contribution in [0, 0.1) is 17.8 Å². The van der Waals surface area contributed by atoms with Crippen molar-refractivity contribution in [2.75, 3.05) is 11.5 Å². The van der Waals surface area contributed by atoms with E-state index in [9.17, 15) is 9.59 Å². The van der Waals surface area contributed by atoms with Gasteiger partial charge in [0, 0.05) is 12.6 Å². The average Bonchev–Trinajstić information content (AvgIpc) is 2.55. The third-order valence-corrected chi connectivity index (χ3v) is 5.84. The van der Waals surface area contributed by atoms with E-state index in [2.05, 4.69) is 32.3 Å². The monoisotopic (exact) mass is 379 g/mol. The first-order valence-electron chi connectivity index (χ1n) is 9.12. The van der Waals surface area contributed by atoms with Crippen LogP contribution in [0.1, 0.15) is 40.0 Å². The third-order valence-electron chi connectivity index (χ3n) is 4.89.